The van der Waals surface area contributed by atoms with E-state index in [9.17, 15) is 10.1 Å². The third-order valence-electron chi connectivity index (χ3n) is 5.33. The highest BCUT2D eigenvalue weighted by Gasteiger charge is 2.12. The Hall–Kier alpha value is -3.47. The van der Waals surface area contributed by atoms with Gasteiger partial charge >= 0.3 is 0 Å². The summed E-state index contributed by atoms with van der Waals surface area (Å²) in [6.07, 6.45) is 2.05. The molecule has 158 valence electrons. The number of carbonyl (C=O) groups is 1. The van der Waals surface area contributed by atoms with E-state index in [2.05, 4.69) is 26.6 Å². The molecule has 0 aliphatic carbocycles. The van der Waals surface area contributed by atoms with Gasteiger partial charge in [-0.05, 0) is 23.8 Å². The molecular weight excluding hydrogens is 390 g/mol. The van der Waals surface area contributed by atoms with Gasteiger partial charge in [0.25, 0.3) is 0 Å². The zero-order valence-electron chi connectivity index (χ0n) is 17.3. The molecule has 0 spiro atoms. The van der Waals surface area contributed by atoms with Gasteiger partial charge in [0, 0.05) is 49.9 Å². The van der Waals surface area contributed by atoms with Crippen molar-refractivity contribution < 1.29 is 9.53 Å². The maximum absolute atomic E-state index is 12.3. The summed E-state index contributed by atoms with van der Waals surface area (Å²) in [5, 5.41) is 16.8. The second-order valence-corrected chi connectivity index (χ2v) is 7.48. The predicted molar refractivity (Wildman–Crippen MR) is 121 cm³/mol. The first-order chi connectivity index (χ1) is 15.2. The topological polar surface area (TPSA) is 90.3 Å². The number of aromatic nitrogens is 1. The van der Waals surface area contributed by atoms with E-state index in [0.717, 1.165) is 60.7 Å². The van der Waals surface area contributed by atoms with E-state index in [4.69, 9.17) is 4.74 Å². The van der Waals surface area contributed by atoms with Crippen LogP contribution in [-0.4, -0.2) is 48.6 Å². The number of ether oxygens (including phenoxy) is 1. The van der Waals surface area contributed by atoms with Crippen molar-refractivity contribution in [1.82, 2.24) is 9.88 Å². The van der Waals surface area contributed by atoms with Crippen LogP contribution in [0.5, 0.6) is 0 Å². The molecule has 1 aliphatic heterocycles. The number of nitrogens with one attached hydrogen (secondary N) is 2. The molecule has 7 nitrogen and oxygen atoms in total. The second-order valence-electron chi connectivity index (χ2n) is 7.48. The van der Waals surface area contributed by atoms with Gasteiger partial charge in [0.1, 0.15) is 6.07 Å². The third-order valence-corrected chi connectivity index (χ3v) is 5.33. The molecule has 1 saturated heterocycles. The van der Waals surface area contributed by atoms with Gasteiger partial charge in [0.2, 0.25) is 5.91 Å². The first-order valence-corrected chi connectivity index (χ1v) is 10.4. The molecule has 1 aromatic heterocycles. The number of hydrogen-bond acceptors (Lipinski definition) is 6. The molecule has 3 aromatic rings. The zero-order chi connectivity index (χ0) is 21.5. The zero-order valence-corrected chi connectivity index (χ0v) is 17.3. The van der Waals surface area contributed by atoms with Crippen LogP contribution < -0.4 is 10.6 Å². The second kappa shape index (κ2) is 10.0. The number of amides is 1. The van der Waals surface area contributed by atoms with Crippen LogP contribution in [0.4, 0.5) is 11.4 Å². The average Bonchev–Trinajstić information content (AvgIpc) is 2.82. The average molecular weight is 415 g/mol. The number of para-hydroxylation sites is 1. The molecule has 4 rings (SSSR count). The first kappa shape index (κ1) is 20.8. The van der Waals surface area contributed by atoms with Crippen LogP contribution in [0.15, 0.2) is 54.7 Å². The van der Waals surface area contributed by atoms with Crippen LogP contribution in [0.1, 0.15) is 17.5 Å². The van der Waals surface area contributed by atoms with Gasteiger partial charge < -0.3 is 15.4 Å². The summed E-state index contributed by atoms with van der Waals surface area (Å²) in [5.74, 6) is 0.00324. The summed E-state index contributed by atoms with van der Waals surface area (Å²) in [7, 11) is 0. The summed E-state index contributed by atoms with van der Waals surface area (Å²) < 4.78 is 5.34. The quantitative estimate of drug-likeness (QED) is 0.615. The predicted octanol–water partition coefficient (Wildman–Crippen LogP) is 3.38. The molecule has 2 heterocycles. The van der Waals surface area contributed by atoms with Gasteiger partial charge in [0.05, 0.1) is 30.0 Å². The molecule has 1 amide bonds. The lowest BCUT2D eigenvalue weighted by Gasteiger charge is -2.26. The monoisotopic (exact) mass is 415 g/mol. The Labute approximate surface area is 181 Å². The van der Waals surface area contributed by atoms with Crippen LogP contribution in [0.2, 0.25) is 0 Å². The van der Waals surface area contributed by atoms with E-state index in [1.54, 1.807) is 6.20 Å². The molecule has 0 bridgehead atoms. The molecule has 0 atom stereocenters. The van der Waals surface area contributed by atoms with Crippen LogP contribution >= 0.6 is 0 Å². The Bertz CT molecular complexity index is 1100. The van der Waals surface area contributed by atoms with E-state index in [-0.39, 0.29) is 5.91 Å². The van der Waals surface area contributed by atoms with E-state index in [1.807, 2.05) is 48.5 Å². The van der Waals surface area contributed by atoms with Crippen LogP contribution in [0.25, 0.3) is 10.9 Å². The Morgan fingerprint density at radius 2 is 2.00 bits per heavy atom. The summed E-state index contributed by atoms with van der Waals surface area (Å²) in [6, 6.07) is 17.7. The van der Waals surface area contributed by atoms with Gasteiger partial charge in [-0.15, -0.1) is 0 Å². The molecule has 0 radical (unpaired) electrons. The Balaban J connectivity index is 1.38. The Kier molecular flexibility index (Phi) is 6.72. The lowest BCUT2D eigenvalue weighted by Crippen LogP contribution is -2.38. The van der Waals surface area contributed by atoms with Crippen molar-refractivity contribution in [2.24, 2.45) is 0 Å². The smallest absolute Gasteiger partial charge is 0.225 e. The fourth-order valence-electron chi connectivity index (χ4n) is 3.67. The highest BCUT2D eigenvalue weighted by molar-refractivity contribution is 5.94. The number of rotatable bonds is 7. The van der Waals surface area contributed by atoms with Crippen molar-refractivity contribution in [2.75, 3.05) is 43.5 Å². The van der Waals surface area contributed by atoms with Gasteiger partial charge in [-0.2, -0.15) is 5.26 Å². The van der Waals surface area contributed by atoms with Crippen molar-refractivity contribution >= 4 is 28.2 Å². The minimum atomic E-state index is 0.00324. The number of pyridine rings is 1. The maximum Gasteiger partial charge on any atom is 0.225 e. The molecular formula is C24H25N5O2. The van der Waals surface area contributed by atoms with Crippen LogP contribution in [0.3, 0.4) is 0 Å². The largest absolute Gasteiger partial charge is 0.379 e. The van der Waals surface area contributed by atoms with Crippen molar-refractivity contribution in [3.63, 3.8) is 0 Å². The number of fused-ring (bicyclic) bond motifs is 1. The highest BCUT2D eigenvalue weighted by Crippen LogP contribution is 2.26. The van der Waals surface area contributed by atoms with Gasteiger partial charge in [0.15, 0.2) is 0 Å². The standard InChI is InChI=1S/C24H25N5O2/c25-15-19-17-26-22-7-2-1-6-21(22)24(19)27-16-18-4-3-5-20(14-18)28-23(30)8-9-29-10-12-31-13-11-29/h1-7,14,17H,8-13,16H2,(H,26,27)(H,28,30). The van der Waals surface area contributed by atoms with Crippen molar-refractivity contribution in [2.45, 2.75) is 13.0 Å². The Morgan fingerprint density at radius 3 is 2.84 bits per heavy atom. The van der Waals surface area contributed by atoms with Gasteiger partial charge in [-0.3, -0.25) is 14.7 Å². The van der Waals surface area contributed by atoms with E-state index < -0.39 is 0 Å². The Morgan fingerprint density at radius 1 is 1.16 bits per heavy atom. The molecule has 1 aliphatic rings. The van der Waals surface area contributed by atoms with E-state index in [0.29, 0.717) is 18.5 Å². The maximum atomic E-state index is 12.3. The normalized spacial score (nSPS) is 14.2. The third kappa shape index (κ3) is 5.37. The van der Waals surface area contributed by atoms with Crippen molar-refractivity contribution in [1.29, 1.82) is 5.26 Å². The van der Waals surface area contributed by atoms with E-state index in [1.165, 1.54) is 0 Å². The van der Waals surface area contributed by atoms with Gasteiger partial charge in [-0.25, -0.2) is 0 Å². The molecule has 0 unspecified atom stereocenters. The number of benzene rings is 2. The molecule has 2 aromatic carbocycles. The number of carbonyl (C=O) groups excluding carboxylic acids is 1. The fraction of sp³-hybridized carbons (Fsp3) is 0.292. The SMILES string of the molecule is N#Cc1cnc2ccccc2c1NCc1cccc(NC(=O)CCN2CCOCC2)c1. The van der Waals surface area contributed by atoms with Gasteiger partial charge in [-0.1, -0.05) is 30.3 Å². The van der Waals surface area contributed by atoms with Crippen LogP contribution in [-0.2, 0) is 16.1 Å². The summed E-state index contributed by atoms with van der Waals surface area (Å²) in [5.41, 5.74) is 3.90. The molecule has 2 N–H and O–H groups in total. The first-order valence-electron chi connectivity index (χ1n) is 10.4. The number of nitrogens with zero attached hydrogens (tertiary/aromatic N) is 3. The summed E-state index contributed by atoms with van der Waals surface area (Å²) in [6.45, 7) is 4.49. The fourth-order valence-corrected chi connectivity index (χ4v) is 3.67. The number of anilines is 2. The van der Waals surface area contributed by atoms with Crippen LogP contribution in [0, 0.1) is 11.3 Å². The molecule has 7 heteroatoms. The van der Waals surface area contributed by atoms with Crippen molar-refractivity contribution in [3.8, 4) is 6.07 Å². The minimum Gasteiger partial charge on any atom is -0.379 e. The number of morpholine rings is 1. The number of nitriles is 1. The lowest BCUT2D eigenvalue weighted by molar-refractivity contribution is -0.116. The number of hydrogen-bond donors (Lipinski definition) is 2. The lowest BCUT2D eigenvalue weighted by atomic mass is 10.1. The highest BCUT2D eigenvalue weighted by atomic mass is 16.5. The summed E-state index contributed by atoms with van der Waals surface area (Å²) >= 11 is 0. The van der Waals surface area contributed by atoms with E-state index >= 15 is 0 Å². The molecule has 0 saturated carbocycles. The minimum absolute atomic E-state index is 0.00324. The van der Waals surface area contributed by atoms with Crippen molar-refractivity contribution in [3.05, 3.63) is 65.9 Å². The molecule has 31 heavy (non-hydrogen) atoms. The summed E-state index contributed by atoms with van der Waals surface area (Å²) in [4.78, 5) is 18.9. The molecule has 1 fully saturated rings.